The number of nitrogens with one attached hydrogen (secondary N) is 1. The minimum Gasteiger partial charge on any atom is -0.313 e. The Labute approximate surface area is 148 Å². The van der Waals surface area contributed by atoms with Crippen LogP contribution in [0.3, 0.4) is 0 Å². The van der Waals surface area contributed by atoms with Gasteiger partial charge >= 0.3 is 0 Å². The zero-order chi connectivity index (χ0) is 17.6. The van der Waals surface area contributed by atoms with Gasteiger partial charge in [-0.3, -0.25) is 0 Å². The lowest BCUT2D eigenvalue weighted by atomic mass is 10.0. The van der Waals surface area contributed by atoms with Gasteiger partial charge in [0.1, 0.15) is 11.6 Å². The highest BCUT2D eigenvalue weighted by Crippen LogP contribution is 2.15. The Kier molecular flexibility index (Phi) is 5.42. The Morgan fingerprint density at radius 3 is 2.68 bits per heavy atom. The zero-order valence-electron chi connectivity index (χ0n) is 14.7. The molecular weight excluding hydrogens is 310 g/mol. The molecule has 128 valence electrons. The third-order valence-electron chi connectivity index (χ3n) is 4.32. The van der Waals surface area contributed by atoms with Crippen LogP contribution in [0.5, 0.6) is 0 Å². The number of hydrogen-bond acceptors (Lipinski definition) is 4. The molecule has 0 amide bonds. The van der Waals surface area contributed by atoms with Crippen LogP contribution in [-0.4, -0.2) is 21.1 Å². The van der Waals surface area contributed by atoms with E-state index in [1.54, 1.807) is 16.9 Å². The molecule has 1 N–H and O–H groups in total. The molecule has 2 heterocycles. The molecule has 5 heteroatoms. The first-order chi connectivity index (χ1) is 12.2. The third kappa shape index (κ3) is 4.23. The highest BCUT2D eigenvalue weighted by Gasteiger charge is 2.05. The first-order valence-electron chi connectivity index (χ1n) is 8.69. The summed E-state index contributed by atoms with van der Waals surface area (Å²) in [7, 11) is 0. The van der Waals surface area contributed by atoms with E-state index < -0.39 is 0 Å². The van der Waals surface area contributed by atoms with Crippen LogP contribution in [0.25, 0.3) is 5.65 Å². The van der Waals surface area contributed by atoms with Gasteiger partial charge in [0, 0.05) is 24.5 Å². The van der Waals surface area contributed by atoms with Crippen molar-refractivity contribution in [2.24, 2.45) is 0 Å². The summed E-state index contributed by atoms with van der Waals surface area (Å²) in [5.41, 5.74) is 4.94. The topological polar surface area (TPSA) is 66.0 Å². The molecule has 1 aromatic carbocycles. The van der Waals surface area contributed by atoms with Gasteiger partial charge in [-0.15, -0.1) is 0 Å². The van der Waals surface area contributed by atoms with Crippen molar-refractivity contribution in [3.63, 3.8) is 0 Å². The zero-order valence-corrected chi connectivity index (χ0v) is 14.7. The Morgan fingerprint density at radius 2 is 1.96 bits per heavy atom. The smallest absolute Gasteiger partial charge is 0.172 e. The quantitative estimate of drug-likeness (QED) is 0.673. The van der Waals surface area contributed by atoms with E-state index in [2.05, 4.69) is 59.6 Å². The lowest BCUT2D eigenvalue weighted by molar-refractivity contribution is 0.645. The van der Waals surface area contributed by atoms with Crippen molar-refractivity contribution in [1.29, 1.82) is 5.26 Å². The van der Waals surface area contributed by atoms with Crippen LogP contribution < -0.4 is 5.32 Å². The summed E-state index contributed by atoms with van der Waals surface area (Å²) < 4.78 is 1.66. The van der Waals surface area contributed by atoms with Gasteiger partial charge in [0.2, 0.25) is 0 Å². The molecule has 0 saturated carbocycles. The summed E-state index contributed by atoms with van der Waals surface area (Å²) in [5, 5.41) is 16.6. The molecular formula is C20H23N5. The van der Waals surface area contributed by atoms with E-state index in [0.29, 0.717) is 17.1 Å². The predicted molar refractivity (Wildman–Crippen MR) is 98.3 cm³/mol. The second-order valence-electron chi connectivity index (χ2n) is 6.58. The summed E-state index contributed by atoms with van der Waals surface area (Å²) in [6.07, 6.45) is 7.44. The van der Waals surface area contributed by atoms with Crippen molar-refractivity contribution >= 4 is 5.65 Å². The second kappa shape index (κ2) is 7.91. The first-order valence-corrected chi connectivity index (χ1v) is 8.69. The molecule has 0 aliphatic carbocycles. The Hall–Kier alpha value is -2.71. The molecule has 0 fully saturated rings. The van der Waals surface area contributed by atoms with Crippen molar-refractivity contribution in [1.82, 2.24) is 19.9 Å². The number of hydrogen-bond donors (Lipinski definition) is 1. The van der Waals surface area contributed by atoms with Crippen LogP contribution in [0, 0.1) is 11.3 Å². The molecule has 0 saturated heterocycles. The molecule has 0 unspecified atom stereocenters. The number of fused-ring (bicyclic) bond motifs is 1. The highest BCUT2D eigenvalue weighted by atomic mass is 15.2. The second-order valence-corrected chi connectivity index (χ2v) is 6.58. The van der Waals surface area contributed by atoms with Crippen LogP contribution in [0.2, 0.25) is 0 Å². The minimum atomic E-state index is 0.503. The lowest BCUT2D eigenvalue weighted by Crippen LogP contribution is -2.16. The minimum absolute atomic E-state index is 0.503. The predicted octanol–water partition coefficient (Wildman–Crippen LogP) is 3.45. The van der Waals surface area contributed by atoms with Gasteiger partial charge in [0.05, 0.1) is 6.20 Å². The molecule has 3 rings (SSSR count). The number of nitriles is 1. The Balaban J connectivity index is 1.44. The molecule has 0 spiro atoms. The fourth-order valence-electron chi connectivity index (χ4n) is 2.80. The molecule has 2 aromatic heterocycles. The standard InChI is InChI=1S/C20H23N5/c1-15(2)18-7-5-16(6-8-18)4-3-9-22-11-17-12-23-20-19(10-21)13-24-25(20)14-17/h5-8,12-15,22H,3-4,9,11H2,1-2H3. The van der Waals surface area contributed by atoms with Crippen LogP contribution in [0.1, 0.15) is 48.4 Å². The monoisotopic (exact) mass is 333 g/mol. The number of rotatable bonds is 7. The number of aryl methyl sites for hydroxylation is 1. The summed E-state index contributed by atoms with van der Waals surface area (Å²) in [6.45, 7) is 6.13. The third-order valence-corrected chi connectivity index (χ3v) is 4.32. The summed E-state index contributed by atoms with van der Waals surface area (Å²) in [5.74, 6) is 0.584. The van der Waals surface area contributed by atoms with E-state index >= 15 is 0 Å². The molecule has 0 bridgehead atoms. The summed E-state index contributed by atoms with van der Waals surface area (Å²) in [6, 6.07) is 11.0. The molecule has 3 aromatic rings. The van der Waals surface area contributed by atoms with Gasteiger partial charge in [-0.05, 0) is 36.4 Å². The molecule has 25 heavy (non-hydrogen) atoms. The van der Waals surface area contributed by atoms with E-state index in [-0.39, 0.29) is 0 Å². The van der Waals surface area contributed by atoms with Gasteiger partial charge in [-0.2, -0.15) is 10.4 Å². The largest absolute Gasteiger partial charge is 0.313 e. The lowest BCUT2D eigenvalue weighted by Gasteiger charge is -2.08. The van der Waals surface area contributed by atoms with Crippen molar-refractivity contribution < 1.29 is 0 Å². The van der Waals surface area contributed by atoms with Gasteiger partial charge in [0.25, 0.3) is 0 Å². The van der Waals surface area contributed by atoms with Crippen LogP contribution in [0.4, 0.5) is 0 Å². The normalized spacial score (nSPS) is 11.1. The average Bonchev–Trinajstić information content (AvgIpc) is 3.04. The average molecular weight is 333 g/mol. The van der Waals surface area contributed by atoms with Crippen molar-refractivity contribution in [3.8, 4) is 6.07 Å². The molecule has 0 atom stereocenters. The van der Waals surface area contributed by atoms with Crippen molar-refractivity contribution in [3.05, 3.63) is 65.1 Å². The van der Waals surface area contributed by atoms with Crippen LogP contribution in [0.15, 0.2) is 42.9 Å². The molecule has 0 radical (unpaired) electrons. The van der Waals surface area contributed by atoms with Gasteiger partial charge in [-0.25, -0.2) is 9.50 Å². The number of aromatic nitrogens is 3. The molecule has 0 aliphatic heterocycles. The van der Waals surface area contributed by atoms with E-state index in [1.165, 1.54) is 11.1 Å². The van der Waals surface area contributed by atoms with E-state index in [0.717, 1.165) is 31.5 Å². The van der Waals surface area contributed by atoms with Crippen LogP contribution >= 0.6 is 0 Å². The fourth-order valence-corrected chi connectivity index (χ4v) is 2.80. The van der Waals surface area contributed by atoms with E-state index in [1.807, 2.05) is 6.20 Å². The van der Waals surface area contributed by atoms with Crippen molar-refractivity contribution in [2.75, 3.05) is 6.54 Å². The maximum atomic E-state index is 8.97. The Morgan fingerprint density at radius 1 is 1.16 bits per heavy atom. The first kappa shape index (κ1) is 17.1. The maximum Gasteiger partial charge on any atom is 0.172 e. The molecule has 5 nitrogen and oxygen atoms in total. The van der Waals surface area contributed by atoms with Gasteiger partial charge in [0.15, 0.2) is 5.65 Å². The van der Waals surface area contributed by atoms with E-state index in [9.17, 15) is 0 Å². The van der Waals surface area contributed by atoms with Crippen molar-refractivity contribution in [2.45, 2.75) is 39.2 Å². The van der Waals surface area contributed by atoms with E-state index in [4.69, 9.17) is 5.26 Å². The maximum absolute atomic E-state index is 8.97. The Bertz CT molecular complexity index is 871. The summed E-state index contributed by atoms with van der Waals surface area (Å²) in [4.78, 5) is 4.32. The van der Waals surface area contributed by atoms with Crippen LogP contribution in [-0.2, 0) is 13.0 Å². The number of nitrogens with zero attached hydrogens (tertiary/aromatic N) is 4. The highest BCUT2D eigenvalue weighted by molar-refractivity contribution is 5.53. The fraction of sp³-hybridized carbons (Fsp3) is 0.350. The van der Waals surface area contributed by atoms with Gasteiger partial charge in [-0.1, -0.05) is 38.1 Å². The number of benzene rings is 1. The SMILES string of the molecule is CC(C)c1ccc(CCCNCc2cnc3c(C#N)cnn3c2)cc1. The summed E-state index contributed by atoms with van der Waals surface area (Å²) >= 11 is 0. The van der Waals surface area contributed by atoms with Gasteiger partial charge < -0.3 is 5.32 Å². The molecule has 0 aliphatic rings.